The zero-order valence-corrected chi connectivity index (χ0v) is 18.5. The van der Waals surface area contributed by atoms with Crippen LogP contribution >= 0.6 is 0 Å². The Kier molecular flexibility index (Phi) is 6.55. The van der Waals surface area contributed by atoms with Gasteiger partial charge in [-0.15, -0.1) is 0 Å². The maximum Gasteiger partial charge on any atom is 0.235 e. The van der Waals surface area contributed by atoms with Gasteiger partial charge >= 0.3 is 0 Å². The molecule has 0 aromatic heterocycles. The largest absolute Gasteiger partial charge is 0.496 e. The normalized spacial score (nSPS) is 16.2. The number of rotatable bonds is 5. The molecule has 0 spiro atoms. The third-order valence-electron chi connectivity index (χ3n) is 6.12. The predicted octanol–water partition coefficient (Wildman–Crippen LogP) is 4.26. The lowest BCUT2D eigenvalue weighted by Gasteiger charge is -2.43. The van der Waals surface area contributed by atoms with Crippen molar-refractivity contribution in [2.45, 2.75) is 18.9 Å². The Balaban J connectivity index is 1.77. The van der Waals surface area contributed by atoms with Crippen LogP contribution in [-0.4, -0.2) is 48.4 Å². The van der Waals surface area contributed by atoms with Crippen LogP contribution < -0.4 is 4.74 Å². The molecule has 1 saturated heterocycles. The molecular weight excluding hydrogens is 400 g/mol. The molecule has 2 amide bonds. The fraction of sp³-hybridized carbons (Fsp3) is 0.259. The minimum Gasteiger partial charge on any atom is -0.496 e. The number of nitrogens with zero attached hydrogens (tertiary/aromatic N) is 2. The Bertz CT molecular complexity index is 1030. The number of para-hydroxylation sites is 1. The van der Waals surface area contributed by atoms with E-state index in [1.54, 1.807) is 18.9 Å². The van der Waals surface area contributed by atoms with Crippen molar-refractivity contribution in [3.8, 4) is 5.75 Å². The molecule has 5 heteroatoms. The van der Waals surface area contributed by atoms with Gasteiger partial charge in [-0.25, -0.2) is 0 Å². The second-order valence-electron chi connectivity index (χ2n) is 8.01. The molecule has 3 aromatic carbocycles. The van der Waals surface area contributed by atoms with Gasteiger partial charge < -0.3 is 14.5 Å². The minimum absolute atomic E-state index is 0.0136. The minimum atomic E-state index is -0.418. The lowest BCUT2D eigenvalue weighted by Crippen LogP contribution is -2.53. The van der Waals surface area contributed by atoms with E-state index in [1.165, 1.54) is 0 Å². The molecule has 0 N–H and O–H groups in total. The summed E-state index contributed by atoms with van der Waals surface area (Å²) in [7, 11) is 1.63. The van der Waals surface area contributed by atoms with Gasteiger partial charge in [0.2, 0.25) is 11.8 Å². The molecule has 0 radical (unpaired) electrons. The summed E-state index contributed by atoms with van der Waals surface area (Å²) in [6.07, 6.45) is 0. The van der Waals surface area contributed by atoms with Crippen molar-refractivity contribution in [1.82, 2.24) is 9.80 Å². The standard InChI is InChI=1S/C27H28N2O3/c1-20(30)28-17-18-29(24(19-28)23-15-9-10-16-25(23)32-2)27(31)26(21-11-5-3-6-12-21)22-13-7-4-8-14-22/h3-16,24,26H,17-19H2,1-2H3. The molecule has 1 unspecified atom stereocenters. The van der Waals surface area contributed by atoms with Crippen LogP contribution in [0.4, 0.5) is 0 Å². The molecular formula is C27H28N2O3. The van der Waals surface area contributed by atoms with E-state index in [2.05, 4.69) is 0 Å². The Morgan fingerprint density at radius 3 is 1.97 bits per heavy atom. The van der Waals surface area contributed by atoms with Crippen molar-refractivity contribution in [2.24, 2.45) is 0 Å². The van der Waals surface area contributed by atoms with Crippen molar-refractivity contribution < 1.29 is 14.3 Å². The van der Waals surface area contributed by atoms with Crippen molar-refractivity contribution in [3.63, 3.8) is 0 Å². The van der Waals surface area contributed by atoms with Gasteiger partial charge in [0.25, 0.3) is 0 Å². The predicted molar refractivity (Wildman–Crippen MR) is 124 cm³/mol. The van der Waals surface area contributed by atoms with E-state index in [-0.39, 0.29) is 17.9 Å². The molecule has 0 bridgehead atoms. The average molecular weight is 429 g/mol. The van der Waals surface area contributed by atoms with E-state index < -0.39 is 5.92 Å². The van der Waals surface area contributed by atoms with Crippen LogP contribution in [0.2, 0.25) is 0 Å². The summed E-state index contributed by atoms with van der Waals surface area (Å²) in [5.41, 5.74) is 2.82. The van der Waals surface area contributed by atoms with Gasteiger partial charge in [0, 0.05) is 32.1 Å². The van der Waals surface area contributed by atoms with Crippen LogP contribution in [0.15, 0.2) is 84.9 Å². The molecule has 1 heterocycles. The van der Waals surface area contributed by atoms with Crippen molar-refractivity contribution in [2.75, 3.05) is 26.7 Å². The lowest BCUT2D eigenvalue weighted by atomic mass is 9.88. The summed E-state index contributed by atoms with van der Waals surface area (Å²) in [5.74, 6) is 0.344. The molecule has 164 valence electrons. The van der Waals surface area contributed by atoms with E-state index in [0.717, 1.165) is 22.4 Å². The second kappa shape index (κ2) is 9.69. The maximum absolute atomic E-state index is 14.1. The fourth-order valence-electron chi connectivity index (χ4n) is 4.48. The van der Waals surface area contributed by atoms with Crippen LogP contribution in [0.1, 0.15) is 35.6 Å². The average Bonchev–Trinajstić information content (AvgIpc) is 2.85. The van der Waals surface area contributed by atoms with Gasteiger partial charge in [0.15, 0.2) is 0 Å². The van der Waals surface area contributed by atoms with Crippen LogP contribution in [0, 0.1) is 0 Å². The first-order valence-corrected chi connectivity index (χ1v) is 10.9. The second-order valence-corrected chi connectivity index (χ2v) is 8.01. The quantitative estimate of drug-likeness (QED) is 0.610. The Morgan fingerprint density at radius 2 is 1.41 bits per heavy atom. The van der Waals surface area contributed by atoms with Crippen LogP contribution in [0.5, 0.6) is 5.75 Å². The number of piperazine rings is 1. The van der Waals surface area contributed by atoms with Crippen molar-refractivity contribution >= 4 is 11.8 Å². The SMILES string of the molecule is COc1ccccc1C1CN(C(C)=O)CCN1C(=O)C(c1ccccc1)c1ccccc1. The first kappa shape index (κ1) is 21.6. The molecule has 32 heavy (non-hydrogen) atoms. The van der Waals surface area contributed by atoms with E-state index in [1.807, 2.05) is 89.8 Å². The third-order valence-corrected chi connectivity index (χ3v) is 6.12. The van der Waals surface area contributed by atoms with E-state index in [4.69, 9.17) is 4.74 Å². The lowest BCUT2D eigenvalue weighted by molar-refractivity contribution is -0.142. The third kappa shape index (κ3) is 4.37. The van der Waals surface area contributed by atoms with E-state index in [0.29, 0.717) is 19.6 Å². The first-order valence-electron chi connectivity index (χ1n) is 10.9. The molecule has 5 nitrogen and oxygen atoms in total. The zero-order valence-electron chi connectivity index (χ0n) is 18.5. The summed E-state index contributed by atoms with van der Waals surface area (Å²) < 4.78 is 5.61. The number of carbonyl (C=O) groups is 2. The van der Waals surface area contributed by atoms with Crippen molar-refractivity contribution in [3.05, 3.63) is 102 Å². The first-order chi connectivity index (χ1) is 15.6. The molecule has 1 aliphatic rings. The number of hydrogen-bond acceptors (Lipinski definition) is 3. The van der Waals surface area contributed by atoms with Crippen LogP contribution in [0.25, 0.3) is 0 Å². The van der Waals surface area contributed by atoms with Gasteiger partial charge in [-0.05, 0) is 17.2 Å². The Morgan fingerprint density at radius 1 is 0.844 bits per heavy atom. The fourth-order valence-corrected chi connectivity index (χ4v) is 4.48. The zero-order chi connectivity index (χ0) is 22.5. The summed E-state index contributed by atoms with van der Waals surface area (Å²) in [6.45, 7) is 3.01. The van der Waals surface area contributed by atoms with Gasteiger partial charge in [0.05, 0.1) is 19.1 Å². The number of carbonyl (C=O) groups excluding carboxylic acids is 2. The number of hydrogen-bond donors (Lipinski definition) is 0. The molecule has 1 atom stereocenters. The van der Waals surface area contributed by atoms with Gasteiger partial charge in [0.1, 0.15) is 5.75 Å². The Hall–Kier alpha value is -3.60. The molecule has 0 saturated carbocycles. The smallest absolute Gasteiger partial charge is 0.235 e. The summed E-state index contributed by atoms with van der Waals surface area (Å²) in [6, 6.07) is 27.2. The van der Waals surface area contributed by atoms with Gasteiger partial charge in [-0.1, -0.05) is 78.9 Å². The van der Waals surface area contributed by atoms with Gasteiger partial charge in [-0.3, -0.25) is 9.59 Å². The topological polar surface area (TPSA) is 49.9 Å². The highest BCUT2D eigenvalue weighted by Gasteiger charge is 2.37. The molecule has 0 aliphatic carbocycles. The Labute approximate surface area is 189 Å². The van der Waals surface area contributed by atoms with E-state index in [9.17, 15) is 9.59 Å². The van der Waals surface area contributed by atoms with E-state index >= 15 is 0 Å². The summed E-state index contributed by atoms with van der Waals surface area (Å²) in [4.78, 5) is 30.0. The molecule has 1 fully saturated rings. The molecule has 3 aromatic rings. The van der Waals surface area contributed by atoms with Gasteiger partial charge in [-0.2, -0.15) is 0 Å². The number of amides is 2. The number of benzene rings is 3. The van der Waals surface area contributed by atoms with Crippen LogP contribution in [0.3, 0.4) is 0 Å². The number of methoxy groups -OCH3 is 1. The maximum atomic E-state index is 14.1. The monoisotopic (exact) mass is 428 g/mol. The molecule has 4 rings (SSSR count). The van der Waals surface area contributed by atoms with Crippen LogP contribution in [-0.2, 0) is 9.59 Å². The highest BCUT2D eigenvalue weighted by Crippen LogP contribution is 2.36. The highest BCUT2D eigenvalue weighted by atomic mass is 16.5. The van der Waals surface area contributed by atoms with Crippen molar-refractivity contribution in [1.29, 1.82) is 0 Å². The summed E-state index contributed by atoms with van der Waals surface area (Å²) >= 11 is 0. The molecule has 1 aliphatic heterocycles. The highest BCUT2D eigenvalue weighted by molar-refractivity contribution is 5.88. The summed E-state index contributed by atoms with van der Waals surface area (Å²) in [5, 5.41) is 0. The number of ether oxygens (including phenoxy) is 1.